The van der Waals surface area contributed by atoms with Crippen molar-refractivity contribution in [2.24, 2.45) is 0 Å². The van der Waals surface area contributed by atoms with Crippen molar-refractivity contribution in [1.29, 1.82) is 0 Å². The van der Waals surface area contributed by atoms with Gasteiger partial charge in [-0.3, -0.25) is 19.0 Å². The van der Waals surface area contributed by atoms with Gasteiger partial charge < -0.3 is 19.5 Å². The normalized spacial score (nSPS) is 11.6. The Kier molecular flexibility index (Phi) is 6.31. The summed E-state index contributed by atoms with van der Waals surface area (Å²) in [6, 6.07) is 11.7. The number of carbonyl (C=O) groups excluding carboxylic acids is 2. The minimum Gasteiger partial charge on any atom is -0.493 e. The molecule has 0 radical (unpaired) electrons. The first-order chi connectivity index (χ1) is 14.4. The van der Waals surface area contributed by atoms with Crippen LogP contribution in [0.3, 0.4) is 0 Å². The first kappa shape index (κ1) is 20.8. The molecule has 0 saturated heterocycles. The molecule has 0 spiro atoms. The van der Waals surface area contributed by atoms with E-state index in [9.17, 15) is 14.4 Å². The molecule has 1 atom stereocenters. The maximum atomic E-state index is 12.5. The molecule has 9 nitrogen and oxygen atoms in total. The second-order valence-electron chi connectivity index (χ2n) is 6.39. The van der Waals surface area contributed by atoms with Gasteiger partial charge in [0.15, 0.2) is 17.6 Å². The van der Waals surface area contributed by atoms with Gasteiger partial charge in [0.1, 0.15) is 6.54 Å². The van der Waals surface area contributed by atoms with E-state index in [0.29, 0.717) is 28.1 Å². The second-order valence-corrected chi connectivity index (χ2v) is 6.39. The largest absolute Gasteiger partial charge is 0.493 e. The number of methoxy groups -OCH3 is 2. The fourth-order valence-electron chi connectivity index (χ4n) is 2.80. The molecule has 1 heterocycles. The summed E-state index contributed by atoms with van der Waals surface area (Å²) >= 11 is 0. The molecule has 3 aromatic rings. The second kappa shape index (κ2) is 9.08. The number of carbonyl (C=O) groups is 2. The number of hydrogen-bond donors (Lipinski definition) is 1. The van der Waals surface area contributed by atoms with Crippen molar-refractivity contribution in [2.75, 3.05) is 19.5 Å². The van der Waals surface area contributed by atoms with E-state index in [2.05, 4.69) is 10.3 Å². The summed E-state index contributed by atoms with van der Waals surface area (Å²) in [6.45, 7) is 1.08. The highest BCUT2D eigenvalue weighted by Gasteiger charge is 2.19. The highest BCUT2D eigenvalue weighted by molar-refractivity contribution is 5.95. The van der Waals surface area contributed by atoms with Crippen LogP contribution in [0.1, 0.15) is 6.92 Å². The monoisotopic (exact) mass is 411 g/mol. The molecule has 156 valence electrons. The van der Waals surface area contributed by atoms with E-state index >= 15 is 0 Å². The number of aromatic nitrogens is 2. The number of benzene rings is 2. The molecule has 3 rings (SSSR count). The van der Waals surface area contributed by atoms with E-state index in [-0.39, 0.29) is 12.1 Å². The van der Waals surface area contributed by atoms with Gasteiger partial charge in [-0.1, -0.05) is 12.1 Å². The van der Waals surface area contributed by atoms with Crippen LogP contribution in [0.4, 0.5) is 5.69 Å². The van der Waals surface area contributed by atoms with E-state index in [0.717, 1.165) is 4.57 Å². The molecule has 0 aliphatic heterocycles. The summed E-state index contributed by atoms with van der Waals surface area (Å²) in [7, 11) is 2.99. The summed E-state index contributed by atoms with van der Waals surface area (Å²) in [4.78, 5) is 41.2. The number of para-hydroxylation sites is 1. The Labute approximate surface area is 172 Å². The van der Waals surface area contributed by atoms with Crippen LogP contribution >= 0.6 is 0 Å². The molecular formula is C21H21N3O6. The number of hydrogen-bond acceptors (Lipinski definition) is 7. The Morgan fingerprint density at radius 1 is 1.10 bits per heavy atom. The third-order valence-electron chi connectivity index (χ3n) is 4.36. The average Bonchev–Trinajstić information content (AvgIpc) is 2.75. The minimum atomic E-state index is -1.07. The van der Waals surface area contributed by atoms with Gasteiger partial charge in [0.05, 0.1) is 31.4 Å². The number of nitrogens with zero attached hydrogens (tertiary/aromatic N) is 2. The van der Waals surface area contributed by atoms with Crippen molar-refractivity contribution in [3.8, 4) is 11.5 Å². The first-order valence-electron chi connectivity index (χ1n) is 9.09. The van der Waals surface area contributed by atoms with Crippen LogP contribution in [0.5, 0.6) is 11.5 Å². The van der Waals surface area contributed by atoms with Crippen LogP contribution in [0.15, 0.2) is 53.6 Å². The lowest BCUT2D eigenvalue weighted by molar-refractivity contribution is -0.153. The maximum Gasteiger partial charge on any atom is 0.326 e. The number of fused-ring (bicyclic) bond motifs is 1. The lowest BCUT2D eigenvalue weighted by Gasteiger charge is -2.15. The number of nitrogens with one attached hydrogen (secondary N) is 1. The van der Waals surface area contributed by atoms with Crippen LogP contribution in [-0.4, -0.2) is 41.8 Å². The lowest BCUT2D eigenvalue weighted by Crippen LogP contribution is -2.33. The van der Waals surface area contributed by atoms with Crippen LogP contribution in [-0.2, 0) is 20.9 Å². The molecule has 1 N–H and O–H groups in total. The fraction of sp³-hybridized carbons (Fsp3) is 0.238. The van der Waals surface area contributed by atoms with Gasteiger partial charge in [0.2, 0.25) is 0 Å². The van der Waals surface area contributed by atoms with E-state index in [1.54, 1.807) is 42.5 Å². The number of rotatable bonds is 7. The van der Waals surface area contributed by atoms with Gasteiger partial charge in [-0.05, 0) is 31.2 Å². The highest BCUT2D eigenvalue weighted by atomic mass is 16.5. The van der Waals surface area contributed by atoms with Crippen LogP contribution in [0.25, 0.3) is 10.9 Å². The highest BCUT2D eigenvalue weighted by Crippen LogP contribution is 2.29. The number of esters is 1. The minimum absolute atomic E-state index is 0.357. The van der Waals surface area contributed by atoms with Crippen molar-refractivity contribution in [3.05, 3.63) is 59.1 Å². The smallest absolute Gasteiger partial charge is 0.326 e. The molecule has 1 aromatic heterocycles. The van der Waals surface area contributed by atoms with E-state index < -0.39 is 18.0 Å². The fourth-order valence-corrected chi connectivity index (χ4v) is 2.80. The van der Waals surface area contributed by atoms with Gasteiger partial charge in [-0.2, -0.15) is 0 Å². The van der Waals surface area contributed by atoms with Gasteiger partial charge in [0, 0.05) is 11.8 Å². The van der Waals surface area contributed by atoms with Gasteiger partial charge in [-0.15, -0.1) is 0 Å². The molecule has 0 fully saturated rings. The molecule has 30 heavy (non-hydrogen) atoms. The molecule has 0 aliphatic carbocycles. The van der Waals surface area contributed by atoms with Crippen LogP contribution in [0, 0.1) is 0 Å². The maximum absolute atomic E-state index is 12.5. The molecule has 0 saturated carbocycles. The van der Waals surface area contributed by atoms with Gasteiger partial charge in [-0.25, -0.2) is 4.98 Å². The zero-order valence-corrected chi connectivity index (χ0v) is 16.7. The quantitative estimate of drug-likeness (QED) is 0.592. The van der Waals surface area contributed by atoms with Crippen molar-refractivity contribution in [1.82, 2.24) is 9.55 Å². The molecule has 0 unspecified atom stereocenters. The Morgan fingerprint density at radius 2 is 1.83 bits per heavy atom. The van der Waals surface area contributed by atoms with Crippen LogP contribution < -0.4 is 20.3 Å². The van der Waals surface area contributed by atoms with Crippen molar-refractivity contribution < 1.29 is 23.8 Å². The molecule has 2 aromatic carbocycles. The molecule has 1 amide bonds. The number of ether oxygens (including phenoxy) is 3. The average molecular weight is 411 g/mol. The SMILES string of the molecule is COc1ccc(NC(=O)[C@@H](C)OC(=O)Cn2cnc3ccccc3c2=O)cc1OC. The third-order valence-corrected chi connectivity index (χ3v) is 4.36. The zero-order valence-electron chi connectivity index (χ0n) is 16.7. The summed E-state index contributed by atoms with van der Waals surface area (Å²) in [5.41, 5.74) is 0.630. The summed E-state index contributed by atoms with van der Waals surface area (Å²) in [5, 5.41) is 3.04. The summed E-state index contributed by atoms with van der Waals surface area (Å²) < 4.78 is 16.6. The van der Waals surface area contributed by atoms with Crippen LogP contribution in [0.2, 0.25) is 0 Å². The van der Waals surface area contributed by atoms with Crippen molar-refractivity contribution in [3.63, 3.8) is 0 Å². The standard InChI is InChI=1S/C21H21N3O6/c1-13(20(26)23-14-8-9-17(28-2)18(10-14)29-3)30-19(25)11-24-12-22-16-7-5-4-6-15(16)21(24)27/h4-10,12-13H,11H2,1-3H3,(H,23,26)/t13-/m1/s1. The lowest BCUT2D eigenvalue weighted by atomic mass is 10.2. The number of anilines is 1. The molecule has 9 heteroatoms. The van der Waals surface area contributed by atoms with E-state index in [4.69, 9.17) is 14.2 Å². The summed E-state index contributed by atoms with van der Waals surface area (Å²) in [5.74, 6) is -0.295. The summed E-state index contributed by atoms with van der Waals surface area (Å²) in [6.07, 6.45) is 0.204. The zero-order chi connectivity index (χ0) is 21.7. The number of amides is 1. The van der Waals surface area contributed by atoms with Gasteiger partial charge >= 0.3 is 5.97 Å². The Hall–Kier alpha value is -3.88. The molecular weight excluding hydrogens is 390 g/mol. The Morgan fingerprint density at radius 3 is 2.57 bits per heavy atom. The predicted molar refractivity (Wildman–Crippen MR) is 110 cm³/mol. The van der Waals surface area contributed by atoms with Crippen molar-refractivity contribution in [2.45, 2.75) is 19.6 Å². The Bertz CT molecular complexity index is 1140. The Balaban J connectivity index is 1.63. The van der Waals surface area contributed by atoms with Gasteiger partial charge in [0.25, 0.3) is 11.5 Å². The molecule has 0 bridgehead atoms. The molecule has 0 aliphatic rings. The third kappa shape index (κ3) is 4.57. The topological polar surface area (TPSA) is 109 Å². The first-order valence-corrected chi connectivity index (χ1v) is 9.09. The van der Waals surface area contributed by atoms with E-state index in [1.807, 2.05) is 0 Å². The predicted octanol–water partition coefficient (Wildman–Crippen LogP) is 1.98. The van der Waals surface area contributed by atoms with E-state index in [1.165, 1.54) is 27.5 Å². The van der Waals surface area contributed by atoms with Crippen molar-refractivity contribution >= 4 is 28.5 Å².